The van der Waals surface area contributed by atoms with Crippen molar-refractivity contribution in [2.24, 2.45) is 0 Å². The molecular weight excluding hydrogens is 362 g/mol. The van der Waals surface area contributed by atoms with Gasteiger partial charge in [0.15, 0.2) is 0 Å². The van der Waals surface area contributed by atoms with Crippen LogP contribution in [-0.2, 0) is 20.9 Å². The normalized spacial score (nSPS) is 10.0. The molecule has 0 aliphatic rings. The number of nitro benzene ring substituents is 1. The first-order valence-corrected chi connectivity index (χ1v) is 8.31. The molecule has 0 atom stereocenters. The summed E-state index contributed by atoms with van der Waals surface area (Å²) < 4.78 is 4.94. The van der Waals surface area contributed by atoms with E-state index in [2.05, 4.69) is 10.6 Å². The number of hydrogen-bond donors (Lipinski definition) is 2. The van der Waals surface area contributed by atoms with Crippen LogP contribution in [0.3, 0.4) is 0 Å². The minimum Gasteiger partial charge on any atom is -0.459 e. The molecule has 10 heteroatoms. The number of carbonyl (C=O) groups excluding carboxylic acids is 3. The molecule has 1 heterocycles. The summed E-state index contributed by atoms with van der Waals surface area (Å²) in [5, 5.41) is 17.2. The third-order valence-corrected chi connectivity index (χ3v) is 3.97. The van der Waals surface area contributed by atoms with Crippen LogP contribution in [0.4, 0.5) is 5.69 Å². The second-order valence-electron chi connectivity index (χ2n) is 5.02. The third-order valence-electron chi connectivity index (χ3n) is 3.11. The lowest BCUT2D eigenvalue weighted by atomic mass is 10.2. The fourth-order valence-corrected chi connectivity index (χ4v) is 2.50. The van der Waals surface area contributed by atoms with E-state index in [4.69, 9.17) is 4.74 Å². The van der Waals surface area contributed by atoms with E-state index < -0.39 is 16.8 Å². The average molecular weight is 377 g/mol. The van der Waals surface area contributed by atoms with Crippen LogP contribution in [0, 0.1) is 10.1 Å². The maximum Gasteiger partial charge on any atom is 0.325 e. The van der Waals surface area contributed by atoms with Crippen LogP contribution in [0.15, 0.2) is 41.8 Å². The van der Waals surface area contributed by atoms with E-state index in [1.165, 1.54) is 29.5 Å². The molecule has 0 aliphatic carbocycles. The maximum absolute atomic E-state index is 11.7. The van der Waals surface area contributed by atoms with Gasteiger partial charge in [0.2, 0.25) is 5.91 Å². The number of nitrogens with zero attached hydrogens (tertiary/aromatic N) is 1. The highest BCUT2D eigenvalue weighted by Gasteiger charge is 2.11. The first kappa shape index (κ1) is 19.1. The molecule has 1 aromatic heterocycles. The lowest BCUT2D eigenvalue weighted by Gasteiger charge is -2.07. The minimum atomic E-state index is -0.700. The van der Waals surface area contributed by atoms with Gasteiger partial charge in [-0.3, -0.25) is 24.5 Å². The summed E-state index contributed by atoms with van der Waals surface area (Å²) in [6.07, 6.45) is 0. The molecule has 2 N–H and O–H groups in total. The van der Waals surface area contributed by atoms with Crippen molar-refractivity contribution in [2.45, 2.75) is 6.61 Å². The zero-order valence-corrected chi connectivity index (χ0v) is 14.3. The molecule has 2 amide bonds. The van der Waals surface area contributed by atoms with Crippen LogP contribution < -0.4 is 10.6 Å². The van der Waals surface area contributed by atoms with Crippen molar-refractivity contribution >= 4 is 34.8 Å². The highest BCUT2D eigenvalue weighted by molar-refractivity contribution is 7.12. The Bertz CT molecular complexity index is 806. The number of benzene rings is 1. The van der Waals surface area contributed by atoms with Crippen LogP contribution in [0.5, 0.6) is 0 Å². The van der Waals surface area contributed by atoms with Gasteiger partial charge >= 0.3 is 5.97 Å². The topological polar surface area (TPSA) is 128 Å². The first-order valence-electron chi connectivity index (χ1n) is 7.43. The molecular formula is C16H15N3O6S. The van der Waals surface area contributed by atoms with E-state index in [9.17, 15) is 24.5 Å². The van der Waals surface area contributed by atoms with E-state index in [0.717, 1.165) is 0 Å². The quantitative estimate of drug-likeness (QED) is 0.405. The molecule has 0 unspecified atom stereocenters. The number of hydrogen-bond acceptors (Lipinski definition) is 7. The van der Waals surface area contributed by atoms with Crippen LogP contribution in [0.25, 0.3) is 0 Å². The highest BCUT2D eigenvalue weighted by Crippen LogP contribution is 2.13. The number of amides is 2. The molecule has 0 aliphatic heterocycles. The van der Waals surface area contributed by atoms with Crippen molar-refractivity contribution in [3.05, 3.63) is 62.3 Å². The molecule has 26 heavy (non-hydrogen) atoms. The van der Waals surface area contributed by atoms with Gasteiger partial charge in [-0.1, -0.05) is 18.2 Å². The Hall–Kier alpha value is -3.27. The van der Waals surface area contributed by atoms with Gasteiger partial charge in [-0.05, 0) is 17.0 Å². The van der Waals surface area contributed by atoms with Crippen molar-refractivity contribution in [1.82, 2.24) is 10.6 Å². The Kier molecular flexibility index (Phi) is 6.80. The van der Waals surface area contributed by atoms with Gasteiger partial charge in [0.1, 0.15) is 13.2 Å². The van der Waals surface area contributed by atoms with Gasteiger partial charge in [-0.2, -0.15) is 0 Å². The van der Waals surface area contributed by atoms with Crippen LogP contribution in [-0.4, -0.2) is 35.8 Å². The maximum atomic E-state index is 11.7. The van der Waals surface area contributed by atoms with Gasteiger partial charge in [0.05, 0.1) is 16.3 Å². The standard InChI is InChI=1S/C16H15N3O6S/c20-14(8-18-16(22)13-5-2-6-26-13)17-9-15(21)25-10-11-3-1-4-12(7-11)19(23)24/h1-7H,8-10H2,(H,17,20)(H,18,22). The summed E-state index contributed by atoms with van der Waals surface area (Å²) >= 11 is 1.25. The van der Waals surface area contributed by atoms with E-state index in [0.29, 0.717) is 10.4 Å². The van der Waals surface area contributed by atoms with Gasteiger partial charge in [-0.25, -0.2) is 0 Å². The van der Waals surface area contributed by atoms with E-state index in [1.54, 1.807) is 23.6 Å². The second kappa shape index (κ2) is 9.28. The highest BCUT2D eigenvalue weighted by atomic mass is 32.1. The SMILES string of the molecule is O=C(CNC(=O)c1cccs1)NCC(=O)OCc1cccc([N+](=O)[O-])c1. The Morgan fingerprint density at radius 2 is 1.92 bits per heavy atom. The minimum absolute atomic E-state index is 0.103. The fourth-order valence-electron chi connectivity index (χ4n) is 1.86. The number of carbonyl (C=O) groups is 3. The number of nitro groups is 1. The summed E-state index contributed by atoms with van der Waals surface area (Å²) in [5.41, 5.74) is 0.357. The number of nitrogens with one attached hydrogen (secondary N) is 2. The Morgan fingerprint density at radius 3 is 2.62 bits per heavy atom. The molecule has 0 saturated heterocycles. The summed E-state index contributed by atoms with van der Waals surface area (Å²) in [6.45, 7) is -0.789. The molecule has 2 aromatic rings. The largest absolute Gasteiger partial charge is 0.459 e. The number of thiophene rings is 1. The Morgan fingerprint density at radius 1 is 1.12 bits per heavy atom. The molecule has 0 saturated carbocycles. The van der Waals surface area contributed by atoms with Crippen molar-refractivity contribution in [2.75, 3.05) is 13.1 Å². The zero-order valence-electron chi connectivity index (χ0n) is 13.5. The number of rotatable bonds is 8. The molecule has 2 rings (SSSR count). The molecule has 0 radical (unpaired) electrons. The summed E-state index contributed by atoms with van der Waals surface area (Å²) in [4.78, 5) is 45.5. The van der Waals surface area contributed by atoms with Crippen molar-refractivity contribution < 1.29 is 24.0 Å². The van der Waals surface area contributed by atoms with Gasteiger partial charge in [0, 0.05) is 12.1 Å². The zero-order chi connectivity index (χ0) is 18.9. The molecule has 1 aromatic carbocycles. The Labute approximate surface area is 152 Å². The second-order valence-corrected chi connectivity index (χ2v) is 5.97. The number of ether oxygens (including phenoxy) is 1. The fraction of sp³-hybridized carbons (Fsp3) is 0.188. The molecule has 9 nitrogen and oxygen atoms in total. The van der Waals surface area contributed by atoms with E-state index >= 15 is 0 Å². The van der Waals surface area contributed by atoms with Crippen molar-refractivity contribution in [3.8, 4) is 0 Å². The predicted octanol–water partition coefficient (Wildman–Crippen LogP) is 1.25. The summed E-state index contributed by atoms with van der Waals surface area (Å²) in [6, 6.07) is 9.04. The van der Waals surface area contributed by atoms with Gasteiger partial charge < -0.3 is 15.4 Å². The smallest absolute Gasteiger partial charge is 0.325 e. The molecule has 0 bridgehead atoms. The van der Waals surface area contributed by atoms with Crippen molar-refractivity contribution in [3.63, 3.8) is 0 Å². The molecule has 136 valence electrons. The summed E-state index contributed by atoms with van der Waals surface area (Å²) in [5.74, 6) is -1.61. The van der Waals surface area contributed by atoms with Gasteiger partial charge in [0.25, 0.3) is 11.6 Å². The number of non-ortho nitro benzene ring substituents is 1. The third kappa shape index (κ3) is 5.98. The lowest BCUT2D eigenvalue weighted by molar-refractivity contribution is -0.384. The Balaban J connectivity index is 1.68. The average Bonchev–Trinajstić information content (AvgIpc) is 3.17. The summed E-state index contributed by atoms with van der Waals surface area (Å²) in [7, 11) is 0. The first-order chi connectivity index (χ1) is 12.5. The predicted molar refractivity (Wildman–Crippen MR) is 92.6 cm³/mol. The van der Waals surface area contributed by atoms with Gasteiger partial charge in [-0.15, -0.1) is 11.3 Å². The van der Waals surface area contributed by atoms with Crippen LogP contribution in [0.2, 0.25) is 0 Å². The van der Waals surface area contributed by atoms with Crippen LogP contribution in [0.1, 0.15) is 15.2 Å². The van der Waals surface area contributed by atoms with E-state index in [-0.39, 0.29) is 31.3 Å². The number of esters is 1. The molecule has 0 spiro atoms. The van der Waals surface area contributed by atoms with E-state index in [1.807, 2.05) is 0 Å². The molecule has 0 fully saturated rings. The lowest BCUT2D eigenvalue weighted by Crippen LogP contribution is -2.39. The van der Waals surface area contributed by atoms with Crippen LogP contribution >= 0.6 is 11.3 Å². The monoisotopic (exact) mass is 377 g/mol. The van der Waals surface area contributed by atoms with Crippen molar-refractivity contribution in [1.29, 1.82) is 0 Å².